The third kappa shape index (κ3) is 6.88. The molecule has 0 bridgehead atoms. The van der Waals surface area contributed by atoms with Gasteiger partial charge in [0.05, 0.1) is 25.3 Å². The number of carbonyl (C=O) groups is 3. The molecule has 3 aromatic rings. The van der Waals surface area contributed by atoms with E-state index in [9.17, 15) is 27.6 Å². The quantitative estimate of drug-likeness (QED) is 0.230. The molecular formula is C26H19F3O8. The smallest absolute Gasteiger partial charge is 0.422 e. The van der Waals surface area contributed by atoms with Gasteiger partial charge in [0, 0.05) is 6.07 Å². The lowest BCUT2D eigenvalue weighted by atomic mass is 10.2. The Morgan fingerprint density at radius 3 is 1.62 bits per heavy atom. The van der Waals surface area contributed by atoms with Gasteiger partial charge in [-0.15, -0.1) is 0 Å². The third-order valence-corrected chi connectivity index (χ3v) is 4.76. The first-order chi connectivity index (χ1) is 17.5. The molecule has 8 nitrogen and oxygen atoms in total. The number of ether oxygens (including phenoxy) is 5. The highest BCUT2D eigenvalue weighted by atomic mass is 19.4. The van der Waals surface area contributed by atoms with E-state index in [0.29, 0.717) is 11.3 Å². The second-order valence-electron chi connectivity index (χ2n) is 7.21. The first kappa shape index (κ1) is 26.8. The fourth-order valence-electron chi connectivity index (χ4n) is 2.80. The van der Waals surface area contributed by atoms with Crippen LogP contribution in [0.1, 0.15) is 20.7 Å². The second-order valence-corrected chi connectivity index (χ2v) is 7.21. The Balaban J connectivity index is 1.67. The number of alkyl halides is 3. The molecule has 0 fully saturated rings. The molecule has 0 N–H and O–H groups in total. The van der Waals surface area contributed by atoms with E-state index in [1.54, 1.807) is 12.1 Å². The summed E-state index contributed by atoms with van der Waals surface area (Å²) in [7, 11) is 2.71. The van der Waals surface area contributed by atoms with E-state index in [1.807, 2.05) is 0 Å². The Kier molecular flexibility index (Phi) is 8.18. The lowest BCUT2D eigenvalue weighted by Gasteiger charge is -2.13. The van der Waals surface area contributed by atoms with Gasteiger partial charge in [-0.3, -0.25) is 0 Å². The molecule has 0 unspecified atom stereocenters. The molecule has 0 saturated carbocycles. The van der Waals surface area contributed by atoms with Crippen LogP contribution in [0.15, 0.2) is 78.9 Å². The average Bonchev–Trinajstić information content (AvgIpc) is 2.88. The summed E-state index contributed by atoms with van der Waals surface area (Å²) < 4.78 is 63.3. The average molecular weight is 516 g/mol. The van der Waals surface area contributed by atoms with Gasteiger partial charge in [0.15, 0.2) is 11.5 Å². The van der Waals surface area contributed by atoms with Gasteiger partial charge in [0.25, 0.3) is 0 Å². The summed E-state index contributed by atoms with van der Waals surface area (Å²) in [6, 6.07) is 15.3. The van der Waals surface area contributed by atoms with Gasteiger partial charge in [-0.1, -0.05) is 6.58 Å². The number of methoxy groups -OCH3 is 2. The van der Waals surface area contributed by atoms with E-state index in [0.717, 1.165) is 6.07 Å². The Labute approximate surface area is 208 Å². The monoisotopic (exact) mass is 516 g/mol. The van der Waals surface area contributed by atoms with Gasteiger partial charge in [-0.2, -0.15) is 13.2 Å². The van der Waals surface area contributed by atoms with Gasteiger partial charge in [0.1, 0.15) is 22.8 Å². The lowest BCUT2D eigenvalue weighted by Crippen LogP contribution is -2.23. The highest BCUT2D eigenvalue weighted by Gasteiger charge is 2.38. The summed E-state index contributed by atoms with van der Waals surface area (Å²) in [6.45, 7) is 2.68. The van der Waals surface area contributed by atoms with Crippen molar-refractivity contribution < 1.29 is 51.2 Å². The topological polar surface area (TPSA) is 97.4 Å². The molecule has 3 rings (SSSR count). The van der Waals surface area contributed by atoms with Crippen molar-refractivity contribution in [2.24, 2.45) is 0 Å². The van der Waals surface area contributed by atoms with Gasteiger partial charge >= 0.3 is 24.1 Å². The number of hydrogen-bond donors (Lipinski definition) is 0. The van der Waals surface area contributed by atoms with Crippen LogP contribution in [0.25, 0.3) is 0 Å². The molecule has 0 saturated heterocycles. The highest BCUT2D eigenvalue weighted by Crippen LogP contribution is 2.34. The van der Waals surface area contributed by atoms with E-state index >= 15 is 0 Å². The molecule has 0 aliphatic heterocycles. The molecule has 3 aromatic carbocycles. The normalized spacial score (nSPS) is 10.7. The van der Waals surface area contributed by atoms with Crippen molar-refractivity contribution >= 4 is 17.9 Å². The Hall–Kier alpha value is -4.80. The van der Waals surface area contributed by atoms with Crippen LogP contribution in [0.2, 0.25) is 0 Å². The summed E-state index contributed by atoms with van der Waals surface area (Å²) in [6.07, 6.45) is -4.98. The standard InChI is InChI=1S/C26H19F3O8/c1-15(26(27,28)29)23(30)37-22-14-20(12-13-21(22)34-3)36-25(32)17-6-10-19(11-7-17)35-24(31)16-4-8-18(33-2)9-5-16/h4-14H,1H2,2-3H3. The molecule has 0 heterocycles. The SMILES string of the molecule is C=C(C(=O)Oc1cc(OC(=O)c2ccc(OC(=O)c3ccc(OC)cc3)cc2)ccc1OC)C(F)(F)F. The minimum Gasteiger partial charge on any atom is -0.497 e. The zero-order valence-electron chi connectivity index (χ0n) is 19.5. The number of esters is 3. The molecule has 0 spiro atoms. The van der Waals surface area contributed by atoms with E-state index in [1.165, 1.54) is 62.8 Å². The van der Waals surface area contributed by atoms with Gasteiger partial charge in [-0.05, 0) is 60.7 Å². The summed E-state index contributed by atoms with van der Waals surface area (Å²) >= 11 is 0. The van der Waals surface area contributed by atoms with Gasteiger partial charge in [0.2, 0.25) is 0 Å². The minimum absolute atomic E-state index is 0.0732. The van der Waals surface area contributed by atoms with Gasteiger partial charge < -0.3 is 23.7 Å². The fourth-order valence-corrected chi connectivity index (χ4v) is 2.80. The molecule has 192 valence electrons. The van der Waals surface area contributed by atoms with Crippen molar-refractivity contribution in [2.75, 3.05) is 14.2 Å². The summed E-state index contributed by atoms with van der Waals surface area (Å²) in [5.74, 6) is -3.08. The maximum Gasteiger partial charge on any atom is 0.422 e. The summed E-state index contributed by atoms with van der Waals surface area (Å²) in [5.41, 5.74) is -1.35. The number of hydrogen-bond acceptors (Lipinski definition) is 8. The van der Waals surface area contributed by atoms with Crippen molar-refractivity contribution in [3.63, 3.8) is 0 Å². The fraction of sp³-hybridized carbons (Fsp3) is 0.115. The first-order valence-electron chi connectivity index (χ1n) is 10.4. The zero-order valence-corrected chi connectivity index (χ0v) is 19.5. The lowest BCUT2D eigenvalue weighted by molar-refractivity contribution is -0.142. The molecule has 0 atom stereocenters. The Bertz CT molecular complexity index is 1310. The predicted molar refractivity (Wildman–Crippen MR) is 123 cm³/mol. The third-order valence-electron chi connectivity index (χ3n) is 4.76. The van der Waals surface area contributed by atoms with Crippen molar-refractivity contribution in [3.8, 4) is 28.7 Å². The number of benzene rings is 3. The van der Waals surface area contributed by atoms with E-state index in [4.69, 9.17) is 23.7 Å². The predicted octanol–water partition coefficient (Wildman–Crippen LogP) is 5.17. The molecule has 0 aliphatic rings. The van der Waals surface area contributed by atoms with Crippen molar-refractivity contribution in [1.29, 1.82) is 0 Å². The molecule has 11 heteroatoms. The van der Waals surface area contributed by atoms with Crippen LogP contribution in [0, 0.1) is 0 Å². The van der Waals surface area contributed by atoms with Crippen LogP contribution in [0.3, 0.4) is 0 Å². The highest BCUT2D eigenvalue weighted by molar-refractivity contribution is 5.93. The molecule has 37 heavy (non-hydrogen) atoms. The second kappa shape index (κ2) is 11.3. The Morgan fingerprint density at radius 2 is 1.14 bits per heavy atom. The summed E-state index contributed by atoms with van der Waals surface area (Å²) in [5, 5.41) is 0. The van der Waals surface area contributed by atoms with Crippen molar-refractivity contribution in [3.05, 3.63) is 90.0 Å². The number of rotatable bonds is 8. The molecule has 0 amide bonds. The Morgan fingerprint density at radius 1 is 0.649 bits per heavy atom. The number of halogens is 3. The van der Waals surface area contributed by atoms with Crippen molar-refractivity contribution in [2.45, 2.75) is 6.18 Å². The van der Waals surface area contributed by atoms with E-state index < -0.39 is 35.4 Å². The zero-order chi connectivity index (χ0) is 27.2. The molecule has 0 radical (unpaired) electrons. The maximum absolute atomic E-state index is 12.7. The summed E-state index contributed by atoms with van der Waals surface area (Å²) in [4.78, 5) is 36.5. The van der Waals surface area contributed by atoms with E-state index in [2.05, 4.69) is 6.58 Å². The van der Waals surface area contributed by atoms with Crippen LogP contribution in [0.5, 0.6) is 28.7 Å². The van der Waals surface area contributed by atoms with Crippen LogP contribution < -0.4 is 23.7 Å². The van der Waals surface area contributed by atoms with Crippen LogP contribution in [-0.4, -0.2) is 38.3 Å². The maximum atomic E-state index is 12.7. The molecule has 0 aliphatic carbocycles. The largest absolute Gasteiger partial charge is 0.497 e. The van der Waals surface area contributed by atoms with Crippen LogP contribution in [0.4, 0.5) is 13.2 Å². The molecular weight excluding hydrogens is 497 g/mol. The van der Waals surface area contributed by atoms with E-state index in [-0.39, 0.29) is 22.8 Å². The van der Waals surface area contributed by atoms with Crippen LogP contribution >= 0.6 is 0 Å². The molecule has 0 aromatic heterocycles. The number of carbonyl (C=O) groups excluding carboxylic acids is 3. The van der Waals surface area contributed by atoms with Crippen LogP contribution in [-0.2, 0) is 4.79 Å². The van der Waals surface area contributed by atoms with Gasteiger partial charge in [-0.25, -0.2) is 14.4 Å². The minimum atomic E-state index is -4.98. The first-order valence-corrected chi connectivity index (χ1v) is 10.4. The van der Waals surface area contributed by atoms with Crippen molar-refractivity contribution in [1.82, 2.24) is 0 Å².